The van der Waals surface area contributed by atoms with Crippen molar-refractivity contribution in [3.05, 3.63) is 72.2 Å². The summed E-state index contributed by atoms with van der Waals surface area (Å²) >= 11 is 0. The van der Waals surface area contributed by atoms with E-state index < -0.39 is 12.1 Å². The molecule has 0 saturated heterocycles. The maximum Gasteiger partial charge on any atom is 0.338 e. The molecule has 1 unspecified atom stereocenters. The second-order valence-corrected chi connectivity index (χ2v) is 5.92. The fraction of sp³-hybridized carbons (Fsp3) is 0.100. The number of carbonyl (C=O) groups excluding carboxylic acids is 2. The van der Waals surface area contributed by atoms with Gasteiger partial charge in [0.05, 0.1) is 16.6 Å². The van der Waals surface area contributed by atoms with Crippen LogP contribution in [0.25, 0.3) is 21.9 Å². The molecule has 0 spiro atoms. The molecule has 1 atom stereocenters. The number of ether oxygens (including phenoxy) is 1. The standard InChI is InChI=1S/C20H15N3O3/c1-12(19(24)15-11-23-16-5-3-2-4-14(15)16)26-20(25)13-6-7-17-18(10-13)22-9-8-21-17/h2-12,23H,1H3. The molecule has 2 aromatic heterocycles. The van der Waals surface area contributed by atoms with E-state index in [1.54, 1.807) is 43.7 Å². The van der Waals surface area contributed by atoms with Crippen molar-refractivity contribution < 1.29 is 14.3 Å². The maximum absolute atomic E-state index is 12.7. The van der Waals surface area contributed by atoms with E-state index in [-0.39, 0.29) is 5.78 Å². The number of nitrogens with zero attached hydrogens (tertiary/aromatic N) is 2. The number of hydrogen-bond donors (Lipinski definition) is 1. The number of carbonyl (C=O) groups is 2. The summed E-state index contributed by atoms with van der Waals surface area (Å²) in [6.07, 6.45) is 3.88. The van der Waals surface area contributed by atoms with Crippen LogP contribution in [0.15, 0.2) is 61.1 Å². The fourth-order valence-electron chi connectivity index (χ4n) is 2.87. The van der Waals surface area contributed by atoms with Crippen molar-refractivity contribution in [1.82, 2.24) is 15.0 Å². The molecule has 0 aliphatic rings. The van der Waals surface area contributed by atoms with E-state index in [0.717, 1.165) is 10.9 Å². The normalized spacial score (nSPS) is 12.2. The summed E-state index contributed by atoms with van der Waals surface area (Å²) in [6, 6.07) is 12.4. The van der Waals surface area contributed by atoms with Crippen LogP contribution in [0, 0.1) is 0 Å². The predicted octanol–water partition coefficient (Wildman–Crippen LogP) is 3.54. The summed E-state index contributed by atoms with van der Waals surface area (Å²) in [5, 5.41) is 0.807. The van der Waals surface area contributed by atoms with Crippen molar-refractivity contribution in [2.75, 3.05) is 0 Å². The Morgan fingerprint density at radius 3 is 2.65 bits per heavy atom. The molecule has 4 rings (SSSR count). The Hall–Kier alpha value is -3.54. The summed E-state index contributed by atoms with van der Waals surface area (Å²) in [5.74, 6) is -0.824. The number of esters is 1. The second-order valence-electron chi connectivity index (χ2n) is 5.92. The third kappa shape index (κ3) is 2.82. The van der Waals surface area contributed by atoms with Crippen molar-refractivity contribution in [1.29, 1.82) is 0 Å². The van der Waals surface area contributed by atoms with Crippen molar-refractivity contribution in [2.45, 2.75) is 13.0 Å². The van der Waals surface area contributed by atoms with Gasteiger partial charge >= 0.3 is 5.97 Å². The van der Waals surface area contributed by atoms with E-state index in [1.807, 2.05) is 24.3 Å². The van der Waals surface area contributed by atoms with Gasteiger partial charge in [-0.15, -0.1) is 0 Å². The Morgan fingerprint density at radius 1 is 1.04 bits per heavy atom. The van der Waals surface area contributed by atoms with Gasteiger partial charge in [0, 0.05) is 35.1 Å². The highest BCUT2D eigenvalue weighted by molar-refractivity contribution is 6.10. The quantitative estimate of drug-likeness (QED) is 0.452. The SMILES string of the molecule is CC(OC(=O)c1ccc2nccnc2c1)C(=O)c1c[nH]c2ccccc12. The van der Waals surface area contributed by atoms with E-state index >= 15 is 0 Å². The van der Waals surface area contributed by atoms with Gasteiger partial charge in [0.1, 0.15) is 0 Å². The number of hydrogen-bond acceptors (Lipinski definition) is 5. The largest absolute Gasteiger partial charge is 0.451 e. The molecule has 0 aliphatic heterocycles. The number of aromatic amines is 1. The highest BCUT2D eigenvalue weighted by Gasteiger charge is 2.23. The van der Waals surface area contributed by atoms with E-state index in [0.29, 0.717) is 22.2 Å². The molecule has 2 heterocycles. The number of benzene rings is 2. The summed E-state index contributed by atoms with van der Waals surface area (Å²) < 4.78 is 5.37. The molecule has 0 amide bonds. The molecule has 0 fully saturated rings. The molecule has 0 bridgehead atoms. The minimum atomic E-state index is -0.903. The number of fused-ring (bicyclic) bond motifs is 2. The first-order valence-electron chi connectivity index (χ1n) is 8.15. The molecule has 1 N–H and O–H groups in total. The Balaban J connectivity index is 1.55. The molecule has 0 aliphatic carbocycles. The van der Waals surface area contributed by atoms with E-state index in [9.17, 15) is 9.59 Å². The highest BCUT2D eigenvalue weighted by Crippen LogP contribution is 2.20. The van der Waals surface area contributed by atoms with Crippen LogP contribution in [-0.4, -0.2) is 32.8 Å². The molecule has 26 heavy (non-hydrogen) atoms. The van der Waals surface area contributed by atoms with Crippen LogP contribution in [0.5, 0.6) is 0 Å². The van der Waals surface area contributed by atoms with Gasteiger partial charge in [-0.1, -0.05) is 18.2 Å². The third-order valence-electron chi connectivity index (χ3n) is 4.21. The monoisotopic (exact) mass is 345 g/mol. The second kappa shape index (κ2) is 6.40. The predicted molar refractivity (Wildman–Crippen MR) is 97.0 cm³/mol. The number of ketones is 1. The van der Waals surface area contributed by atoms with E-state index in [4.69, 9.17) is 4.74 Å². The Kier molecular flexibility index (Phi) is 3.93. The van der Waals surface area contributed by atoms with Gasteiger partial charge in [-0.2, -0.15) is 0 Å². The lowest BCUT2D eigenvalue weighted by Crippen LogP contribution is -2.24. The minimum Gasteiger partial charge on any atom is -0.451 e. The van der Waals surface area contributed by atoms with Crippen molar-refractivity contribution >= 4 is 33.7 Å². The van der Waals surface area contributed by atoms with E-state index in [1.165, 1.54) is 0 Å². The summed E-state index contributed by atoms with van der Waals surface area (Å²) in [7, 11) is 0. The lowest BCUT2D eigenvalue weighted by molar-refractivity contribution is 0.0319. The molecule has 0 radical (unpaired) electrons. The summed E-state index contributed by atoms with van der Waals surface area (Å²) in [6.45, 7) is 1.57. The van der Waals surface area contributed by atoms with Gasteiger partial charge in [0.2, 0.25) is 5.78 Å². The molecular weight excluding hydrogens is 330 g/mol. The van der Waals surface area contributed by atoms with Gasteiger partial charge in [0.25, 0.3) is 0 Å². The first-order valence-corrected chi connectivity index (χ1v) is 8.15. The molecule has 2 aromatic carbocycles. The average Bonchev–Trinajstić information content (AvgIpc) is 3.11. The molecule has 6 nitrogen and oxygen atoms in total. The summed E-state index contributed by atoms with van der Waals surface area (Å²) in [5.41, 5.74) is 2.98. The topological polar surface area (TPSA) is 84.9 Å². The van der Waals surface area contributed by atoms with Crippen LogP contribution in [0.4, 0.5) is 0 Å². The van der Waals surface area contributed by atoms with E-state index in [2.05, 4.69) is 15.0 Å². The highest BCUT2D eigenvalue weighted by atomic mass is 16.5. The molecule has 128 valence electrons. The van der Waals surface area contributed by atoms with Crippen LogP contribution in [0.3, 0.4) is 0 Å². The third-order valence-corrected chi connectivity index (χ3v) is 4.21. The van der Waals surface area contributed by atoms with Crippen LogP contribution in [0.1, 0.15) is 27.6 Å². The van der Waals surface area contributed by atoms with Gasteiger partial charge in [-0.05, 0) is 31.2 Å². The number of H-pyrrole nitrogens is 1. The number of para-hydroxylation sites is 1. The molecule has 4 aromatic rings. The maximum atomic E-state index is 12.7. The zero-order valence-corrected chi connectivity index (χ0v) is 14.0. The fourth-order valence-corrected chi connectivity index (χ4v) is 2.87. The first-order chi connectivity index (χ1) is 12.6. The first kappa shape index (κ1) is 16.0. The van der Waals surface area contributed by atoms with Gasteiger partial charge in [-0.3, -0.25) is 14.8 Å². The van der Waals surface area contributed by atoms with Crippen LogP contribution in [0.2, 0.25) is 0 Å². The number of Topliss-reactive ketones (excluding diaryl/α,β-unsaturated/α-hetero) is 1. The number of rotatable bonds is 4. The van der Waals surface area contributed by atoms with Crippen molar-refractivity contribution in [2.24, 2.45) is 0 Å². The zero-order valence-electron chi connectivity index (χ0n) is 14.0. The minimum absolute atomic E-state index is 0.253. The van der Waals surface area contributed by atoms with Gasteiger partial charge in [0.15, 0.2) is 6.10 Å². The van der Waals surface area contributed by atoms with Gasteiger partial charge < -0.3 is 9.72 Å². The lowest BCUT2D eigenvalue weighted by Gasteiger charge is -2.12. The van der Waals surface area contributed by atoms with Crippen LogP contribution in [-0.2, 0) is 4.74 Å². The number of aromatic nitrogens is 3. The molecule has 0 saturated carbocycles. The Morgan fingerprint density at radius 2 is 1.81 bits per heavy atom. The average molecular weight is 345 g/mol. The Labute approximate surface area is 148 Å². The van der Waals surface area contributed by atoms with Crippen molar-refractivity contribution in [3.8, 4) is 0 Å². The summed E-state index contributed by atoms with van der Waals surface area (Å²) in [4.78, 5) is 36.5. The molecule has 6 heteroatoms. The Bertz CT molecular complexity index is 1130. The van der Waals surface area contributed by atoms with Crippen molar-refractivity contribution in [3.63, 3.8) is 0 Å². The van der Waals surface area contributed by atoms with Crippen LogP contribution < -0.4 is 0 Å². The lowest BCUT2D eigenvalue weighted by atomic mass is 10.1. The van der Waals surface area contributed by atoms with Crippen LogP contribution >= 0.6 is 0 Å². The smallest absolute Gasteiger partial charge is 0.338 e. The zero-order chi connectivity index (χ0) is 18.1. The van der Waals surface area contributed by atoms with Gasteiger partial charge in [-0.25, -0.2) is 4.79 Å². The number of nitrogens with one attached hydrogen (secondary N) is 1. The molecular formula is C20H15N3O3.